The van der Waals surface area contributed by atoms with Crippen LogP contribution in [0.2, 0.25) is 0 Å². The fourth-order valence-electron chi connectivity index (χ4n) is 1.78. The Labute approximate surface area is 131 Å². The number of aromatic nitrogens is 1. The average molecular weight is 376 g/mol. The van der Waals surface area contributed by atoms with Gasteiger partial charge in [0, 0.05) is 0 Å². The number of nitrogens with zero attached hydrogens (tertiary/aromatic N) is 3. The predicted octanol–water partition coefficient (Wildman–Crippen LogP) is 0.990. The van der Waals surface area contributed by atoms with Crippen LogP contribution in [0.25, 0.3) is 9.65 Å². The third-order valence-electron chi connectivity index (χ3n) is 2.77. The number of fused-ring (bicyclic) bond motifs is 1. The van der Waals surface area contributed by atoms with Crippen molar-refractivity contribution < 1.29 is 4.79 Å². The molecule has 0 atom stereocenters. The molecule has 0 spiro atoms. The maximum absolute atomic E-state index is 12.1. The van der Waals surface area contributed by atoms with Gasteiger partial charge in [-0.15, -0.1) is 0 Å². The Morgan fingerprint density at radius 2 is 2.19 bits per heavy atom. The van der Waals surface area contributed by atoms with Gasteiger partial charge >= 0.3 is 131 Å². The molecule has 0 aliphatic heterocycles. The normalized spacial score (nSPS) is 10.5. The third kappa shape index (κ3) is 3.72. The van der Waals surface area contributed by atoms with E-state index in [4.69, 9.17) is 11.6 Å². The van der Waals surface area contributed by atoms with E-state index in [1.807, 2.05) is 18.2 Å². The zero-order valence-corrected chi connectivity index (χ0v) is 13.5. The molecular formula is C12H13ClN4O3Se. The first kappa shape index (κ1) is 15.8. The zero-order valence-electron chi connectivity index (χ0n) is 11.0. The van der Waals surface area contributed by atoms with E-state index in [2.05, 4.69) is 10.6 Å². The van der Waals surface area contributed by atoms with Crippen LogP contribution < -0.4 is 10.9 Å². The number of benzene rings is 1. The van der Waals surface area contributed by atoms with Crippen molar-refractivity contribution in [2.24, 2.45) is 5.29 Å². The first-order valence-electron chi connectivity index (χ1n) is 6.21. The summed E-state index contributed by atoms with van der Waals surface area (Å²) in [6, 6.07) is 6.86. The number of amides is 2. The Morgan fingerprint density at radius 3 is 2.86 bits per heavy atom. The molecule has 112 valence electrons. The summed E-state index contributed by atoms with van der Waals surface area (Å²) in [6.07, 6.45) is 0. The van der Waals surface area contributed by atoms with Crippen LogP contribution in [-0.2, 0) is 6.54 Å². The van der Waals surface area contributed by atoms with Gasteiger partial charge in [0.15, 0.2) is 0 Å². The fourth-order valence-corrected chi connectivity index (χ4v) is 4.03. The standard InChI is InChI=1S/C12H13ClN4O3Se/c13-5-7-16(15-20)12(19)14-6-8-17-11(18)9-3-1-2-4-10(9)21-17/h1-4H,5-8H2,(H,14,19). The van der Waals surface area contributed by atoms with Crippen molar-refractivity contribution in [1.82, 2.24) is 13.9 Å². The first-order chi connectivity index (χ1) is 10.2. The van der Waals surface area contributed by atoms with Gasteiger partial charge in [-0.2, -0.15) is 0 Å². The summed E-state index contributed by atoms with van der Waals surface area (Å²) in [5.41, 5.74) is -0.0222. The van der Waals surface area contributed by atoms with Crippen molar-refractivity contribution in [2.45, 2.75) is 6.54 Å². The van der Waals surface area contributed by atoms with Gasteiger partial charge in [0.25, 0.3) is 0 Å². The van der Waals surface area contributed by atoms with E-state index < -0.39 is 6.03 Å². The number of nitroso groups, excluding NO2 is 1. The van der Waals surface area contributed by atoms with E-state index in [0.717, 1.165) is 14.7 Å². The van der Waals surface area contributed by atoms with Gasteiger partial charge in [-0.1, -0.05) is 0 Å². The Bertz CT molecular complexity index is 699. The van der Waals surface area contributed by atoms with Crippen LogP contribution in [0, 0.1) is 4.91 Å². The minimum absolute atomic E-state index is 0.0222. The van der Waals surface area contributed by atoms with Gasteiger partial charge in [0.05, 0.1) is 0 Å². The van der Waals surface area contributed by atoms with E-state index in [1.54, 1.807) is 9.63 Å². The summed E-state index contributed by atoms with van der Waals surface area (Å²) in [4.78, 5) is 34.2. The molecule has 1 heterocycles. The van der Waals surface area contributed by atoms with Crippen LogP contribution in [0.5, 0.6) is 0 Å². The molecule has 0 saturated heterocycles. The quantitative estimate of drug-likeness (QED) is 0.354. The molecule has 1 aromatic heterocycles. The van der Waals surface area contributed by atoms with E-state index in [9.17, 15) is 14.5 Å². The third-order valence-corrected chi connectivity index (χ3v) is 5.29. The van der Waals surface area contributed by atoms with Crippen LogP contribution in [0.15, 0.2) is 34.3 Å². The van der Waals surface area contributed by atoms with Crippen LogP contribution in [0.3, 0.4) is 0 Å². The van der Waals surface area contributed by atoms with E-state index in [-0.39, 0.29) is 39.3 Å². The monoisotopic (exact) mass is 376 g/mol. The van der Waals surface area contributed by atoms with Crippen molar-refractivity contribution in [1.29, 1.82) is 0 Å². The molecule has 0 saturated carbocycles. The predicted molar refractivity (Wildman–Crippen MR) is 81.8 cm³/mol. The van der Waals surface area contributed by atoms with E-state index in [1.165, 1.54) is 0 Å². The van der Waals surface area contributed by atoms with Crippen LogP contribution in [0.4, 0.5) is 4.79 Å². The molecule has 0 aliphatic carbocycles. The van der Waals surface area contributed by atoms with Gasteiger partial charge in [-0.05, 0) is 0 Å². The zero-order chi connectivity index (χ0) is 15.2. The Morgan fingerprint density at radius 1 is 1.43 bits per heavy atom. The maximum atomic E-state index is 12.1. The summed E-state index contributed by atoms with van der Waals surface area (Å²) in [6.45, 7) is 0.705. The molecule has 0 aliphatic rings. The van der Waals surface area contributed by atoms with Crippen LogP contribution in [0.1, 0.15) is 0 Å². The number of hydrogen-bond acceptors (Lipinski definition) is 4. The number of nitrogens with one attached hydrogen (secondary N) is 1. The van der Waals surface area contributed by atoms with E-state index >= 15 is 0 Å². The minimum atomic E-state index is -0.609. The topological polar surface area (TPSA) is 83.8 Å². The molecule has 1 N–H and O–H groups in total. The molecular weight excluding hydrogens is 363 g/mol. The van der Waals surface area contributed by atoms with Gasteiger partial charge in [0.1, 0.15) is 0 Å². The molecule has 0 radical (unpaired) electrons. The van der Waals surface area contributed by atoms with Crippen molar-refractivity contribution >= 4 is 42.0 Å². The second kappa shape index (κ2) is 7.40. The molecule has 0 unspecified atom stereocenters. The number of halogens is 1. The average Bonchev–Trinajstić information content (AvgIpc) is 2.81. The molecule has 2 amide bonds. The number of rotatable bonds is 6. The first-order valence-corrected chi connectivity index (χ1v) is 8.36. The molecule has 7 nitrogen and oxygen atoms in total. The number of carbonyl (C=O) groups is 1. The van der Waals surface area contributed by atoms with Gasteiger partial charge in [-0.25, -0.2) is 0 Å². The van der Waals surface area contributed by atoms with Gasteiger partial charge in [-0.3, -0.25) is 0 Å². The van der Waals surface area contributed by atoms with Gasteiger partial charge in [0.2, 0.25) is 0 Å². The molecule has 1 aromatic carbocycles. The summed E-state index contributed by atoms with van der Waals surface area (Å²) < 4.78 is 2.75. The Kier molecular flexibility index (Phi) is 5.55. The molecule has 9 heteroatoms. The summed E-state index contributed by atoms with van der Waals surface area (Å²) >= 11 is 5.38. The van der Waals surface area contributed by atoms with Crippen LogP contribution >= 0.6 is 11.6 Å². The Balaban J connectivity index is 1.96. The fraction of sp³-hybridized carbons (Fsp3) is 0.333. The van der Waals surface area contributed by atoms with Crippen molar-refractivity contribution in [3.05, 3.63) is 39.5 Å². The Hall–Kier alpha value is -1.63. The molecule has 0 fully saturated rings. The SMILES string of the molecule is O=NN(CCCl)C(=O)NCCn1[se]c2ccccc2c1=O. The number of carbonyl (C=O) groups excluding carboxylic acids is 1. The van der Waals surface area contributed by atoms with Gasteiger partial charge < -0.3 is 0 Å². The summed E-state index contributed by atoms with van der Waals surface area (Å²) in [7, 11) is 0. The molecule has 2 aromatic rings. The second-order valence-corrected chi connectivity index (χ2v) is 6.73. The summed E-state index contributed by atoms with van der Waals surface area (Å²) in [5.74, 6) is 0.127. The molecule has 0 bridgehead atoms. The number of hydrogen-bond donors (Lipinski definition) is 1. The number of urea groups is 1. The summed E-state index contributed by atoms with van der Waals surface area (Å²) in [5, 5.41) is 6.57. The van der Waals surface area contributed by atoms with Crippen molar-refractivity contribution in [3.8, 4) is 0 Å². The molecule has 21 heavy (non-hydrogen) atoms. The van der Waals surface area contributed by atoms with E-state index in [0.29, 0.717) is 6.54 Å². The van der Waals surface area contributed by atoms with Crippen molar-refractivity contribution in [3.63, 3.8) is 0 Å². The van der Waals surface area contributed by atoms with Crippen LogP contribution in [-0.4, -0.2) is 48.3 Å². The molecule has 2 rings (SSSR count). The number of alkyl halides is 1. The second-order valence-electron chi connectivity index (χ2n) is 4.12. The van der Waals surface area contributed by atoms with Crippen molar-refractivity contribution in [2.75, 3.05) is 19.0 Å².